The second-order valence-corrected chi connectivity index (χ2v) is 7.60. The van der Waals surface area contributed by atoms with Gasteiger partial charge in [-0.05, 0) is 72.7 Å². The SMILES string of the molecule is Cc1ccc(CCCN)cc1C(=O)NC1(c2cccc3ccccc23)CC1. The molecular weight excluding hydrogens is 332 g/mol. The number of fused-ring (bicyclic) bond motifs is 1. The molecular formula is C24H26N2O. The van der Waals surface area contributed by atoms with E-state index in [0.29, 0.717) is 6.54 Å². The highest BCUT2D eigenvalue weighted by Crippen LogP contribution is 2.48. The molecule has 3 aromatic carbocycles. The van der Waals surface area contributed by atoms with Crippen LogP contribution in [0, 0.1) is 6.92 Å². The van der Waals surface area contributed by atoms with Gasteiger partial charge in [0.1, 0.15) is 0 Å². The quantitative estimate of drug-likeness (QED) is 0.683. The van der Waals surface area contributed by atoms with Crippen molar-refractivity contribution in [1.82, 2.24) is 5.32 Å². The molecule has 0 spiro atoms. The fourth-order valence-corrected chi connectivity index (χ4v) is 3.89. The van der Waals surface area contributed by atoms with E-state index in [0.717, 1.165) is 36.8 Å². The van der Waals surface area contributed by atoms with Gasteiger partial charge in [0.15, 0.2) is 0 Å². The summed E-state index contributed by atoms with van der Waals surface area (Å²) in [6, 6.07) is 20.9. The Morgan fingerprint density at radius 3 is 2.63 bits per heavy atom. The van der Waals surface area contributed by atoms with Crippen LogP contribution in [0.4, 0.5) is 0 Å². The van der Waals surface area contributed by atoms with Crippen molar-refractivity contribution in [2.45, 2.75) is 38.1 Å². The number of carbonyl (C=O) groups excluding carboxylic acids is 1. The van der Waals surface area contributed by atoms with Gasteiger partial charge >= 0.3 is 0 Å². The maximum Gasteiger partial charge on any atom is 0.252 e. The summed E-state index contributed by atoms with van der Waals surface area (Å²) in [7, 11) is 0. The lowest BCUT2D eigenvalue weighted by Crippen LogP contribution is -2.35. The Morgan fingerprint density at radius 2 is 1.85 bits per heavy atom. The zero-order chi connectivity index (χ0) is 18.9. The maximum absolute atomic E-state index is 13.1. The lowest BCUT2D eigenvalue weighted by Gasteiger charge is -2.21. The Morgan fingerprint density at radius 1 is 1.07 bits per heavy atom. The van der Waals surface area contributed by atoms with Crippen molar-refractivity contribution in [3.05, 3.63) is 82.9 Å². The Kier molecular flexibility index (Phi) is 4.71. The molecule has 3 N–H and O–H groups in total. The molecule has 0 bridgehead atoms. The summed E-state index contributed by atoms with van der Waals surface area (Å²) < 4.78 is 0. The molecule has 0 aromatic heterocycles. The molecule has 4 rings (SSSR count). The van der Waals surface area contributed by atoms with Crippen molar-refractivity contribution in [1.29, 1.82) is 0 Å². The number of benzene rings is 3. The van der Waals surface area contributed by atoms with Gasteiger partial charge < -0.3 is 11.1 Å². The molecule has 27 heavy (non-hydrogen) atoms. The van der Waals surface area contributed by atoms with E-state index < -0.39 is 0 Å². The van der Waals surface area contributed by atoms with Gasteiger partial charge in [-0.1, -0.05) is 54.6 Å². The monoisotopic (exact) mass is 358 g/mol. The number of carbonyl (C=O) groups is 1. The van der Waals surface area contributed by atoms with E-state index >= 15 is 0 Å². The largest absolute Gasteiger partial charge is 0.342 e. The molecule has 0 saturated heterocycles. The van der Waals surface area contributed by atoms with Crippen molar-refractivity contribution in [3.63, 3.8) is 0 Å². The van der Waals surface area contributed by atoms with Gasteiger partial charge in [-0.2, -0.15) is 0 Å². The molecule has 3 aromatic rings. The fourth-order valence-electron chi connectivity index (χ4n) is 3.89. The van der Waals surface area contributed by atoms with Gasteiger partial charge in [-0.15, -0.1) is 0 Å². The van der Waals surface area contributed by atoms with Gasteiger partial charge in [-0.25, -0.2) is 0 Å². The van der Waals surface area contributed by atoms with E-state index in [4.69, 9.17) is 5.73 Å². The lowest BCUT2D eigenvalue weighted by molar-refractivity contribution is 0.0930. The number of aryl methyl sites for hydroxylation is 2. The second kappa shape index (κ2) is 7.16. The summed E-state index contributed by atoms with van der Waals surface area (Å²) in [5.74, 6) is 0.0209. The minimum Gasteiger partial charge on any atom is -0.342 e. The van der Waals surface area contributed by atoms with Gasteiger partial charge in [0, 0.05) is 5.56 Å². The molecule has 0 heterocycles. The molecule has 3 nitrogen and oxygen atoms in total. The Labute approximate surface area is 160 Å². The van der Waals surface area contributed by atoms with E-state index in [-0.39, 0.29) is 11.4 Å². The third kappa shape index (κ3) is 3.47. The molecule has 138 valence electrons. The van der Waals surface area contributed by atoms with Crippen LogP contribution in [0.15, 0.2) is 60.7 Å². The average molecular weight is 358 g/mol. The van der Waals surface area contributed by atoms with Crippen LogP contribution >= 0.6 is 0 Å². The summed E-state index contributed by atoms with van der Waals surface area (Å²) in [5, 5.41) is 5.80. The first-order valence-electron chi connectivity index (χ1n) is 9.73. The highest BCUT2D eigenvalue weighted by Gasteiger charge is 2.46. The smallest absolute Gasteiger partial charge is 0.252 e. The van der Waals surface area contributed by atoms with Crippen LogP contribution in [0.3, 0.4) is 0 Å². The summed E-state index contributed by atoms with van der Waals surface area (Å²) in [6.45, 7) is 2.67. The molecule has 1 amide bonds. The van der Waals surface area contributed by atoms with E-state index in [9.17, 15) is 4.79 Å². The highest BCUT2D eigenvalue weighted by molar-refractivity contribution is 5.97. The minimum absolute atomic E-state index is 0.0209. The summed E-state index contributed by atoms with van der Waals surface area (Å²) >= 11 is 0. The predicted molar refractivity (Wildman–Crippen MR) is 111 cm³/mol. The topological polar surface area (TPSA) is 55.1 Å². The van der Waals surface area contributed by atoms with Crippen molar-refractivity contribution >= 4 is 16.7 Å². The molecule has 1 aliphatic carbocycles. The first kappa shape index (κ1) is 17.7. The molecule has 1 aliphatic rings. The van der Waals surface area contributed by atoms with Crippen LogP contribution in [0.1, 0.15) is 46.3 Å². The van der Waals surface area contributed by atoms with Crippen molar-refractivity contribution < 1.29 is 4.79 Å². The Bertz CT molecular complexity index is 983. The third-order valence-corrected chi connectivity index (χ3v) is 5.62. The fraction of sp³-hybridized carbons (Fsp3) is 0.292. The van der Waals surface area contributed by atoms with Crippen LogP contribution in [0.5, 0.6) is 0 Å². The molecule has 1 saturated carbocycles. The average Bonchev–Trinajstić information content (AvgIpc) is 3.47. The molecule has 0 atom stereocenters. The summed E-state index contributed by atoms with van der Waals surface area (Å²) in [4.78, 5) is 13.1. The number of nitrogens with one attached hydrogen (secondary N) is 1. The molecule has 1 fully saturated rings. The van der Waals surface area contributed by atoms with Gasteiger partial charge in [0.2, 0.25) is 0 Å². The zero-order valence-corrected chi connectivity index (χ0v) is 15.8. The number of nitrogens with two attached hydrogens (primary N) is 1. The normalized spacial score (nSPS) is 14.9. The summed E-state index contributed by atoms with van der Waals surface area (Å²) in [6.07, 6.45) is 3.81. The minimum atomic E-state index is -0.238. The first-order valence-corrected chi connectivity index (χ1v) is 9.73. The maximum atomic E-state index is 13.1. The van der Waals surface area contributed by atoms with Gasteiger partial charge in [0.25, 0.3) is 5.91 Å². The first-order chi connectivity index (χ1) is 13.1. The number of rotatable bonds is 6. The van der Waals surface area contributed by atoms with Crippen LogP contribution in [-0.2, 0) is 12.0 Å². The number of amides is 1. The Balaban J connectivity index is 1.63. The number of hydrogen-bond donors (Lipinski definition) is 2. The lowest BCUT2D eigenvalue weighted by atomic mass is 9.96. The molecule has 0 aliphatic heterocycles. The van der Waals surface area contributed by atoms with Crippen molar-refractivity contribution in [2.24, 2.45) is 5.73 Å². The van der Waals surface area contributed by atoms with Crippen molar-refractivity contribution in [2.75, 3.05) is 6.54 Å². The predicted octanol–water partition coefficient (Wildman–Crippen LogP) is 4.46. The van der Waals surface area contributed by atoms with E-state index in [1.165, 1.54) is 21.9 Å². The second-order valence-electron chi connectivity index (χ2n) is 7.60. The van der Waals surface area contributed by atoms with Crippen LogP contribution < -0.4 is 11.1 Å². The van der Waals surface area contributed by atoms with Crippen LogP contribution in [0.2, 0.25) is 0 Å². The third-order valence-electron chi connectivity index (χ3n) is 5.62. The van der Waals surface area contributed by atoms with Crippen LogP contribution in [-0.4, -0.2) is 12.5 Å². The Hall–Kier alpha value is -2.65. The van der Waals surface area contributed by atoms with E-state index in [1.54, 1.807) is 0 Å². The van der Waals surface area contributed by atoms with Gasteiger partial charge in [0.05, 0.1) is 5.54 Å². The molecule has 0 radical (unpaired) electrons. The number of hydrogen-bond acceptors (Lipinski definition) is 2. The van der Waals surface area contributed by atoms with Gasteiger partial charge in [-0.3, -0.25) is 4.79 Å². The van der Waals surface area contributed by atoms with Crippen LogP contribution in [0.25, 0.3) is 10.8 Å². The van der Waals surface area contributed by atoms with E-state index in [2.05, 4.69) is 53.8 Å². The summed E-state index contributed by atoms with van der Waals surface area (Å²) in [5.41, 5.74) is 9.57. The zero-order valence-electron chi connectivity index (χ0n) is 15.8. The highest BCUT2D eigenvalue weighted by atomic mass is 16.1. The van der Waals surface area contributed by atoms with Crippen molar-refractivity contribution in [3.8, 4) is 0 Å². The molecule has 0 unspecified atom stereocenters. The van der Waals surface area contributed by atoms with E-state index in [1.807, 2.05) is 19.1 Å². The standard InChI is InChI=1S/C24H26N2O/c1-17-11-12-18(6-5-15-25)16-21(17)23(27)26-24(13-14-24)22-10-4-8-19-7-2-3-9-20(19)22/h2-4,7-12,16H,5-6,13-15,25H2,1H3,(H,26,27). The molecule has 3 heteroatoms.